The predicted molar refractivity (Wildman–Crippen MR) is 122 cm³/mol. The summed E-state index contributed by atoms with van der Waals surface area (Å²) in [5, 5.41) is 22.6. The van der Waals surface area contributed by atoms with Gasteiger partial charge in [-0.3, -0.25) is 4.57 Å². The Morgan fingerprint density at radius 3 is 2.74 bits per heavy atom. The Kier molecular flexibility index (Phi) is 6.56. The van der Waals surface area contributed by atoms with Crippen molar-refractivity contribution in [3.63, 3.8) is 0 Å². The van der Waals surface area contributed by atoms with Crippen LogP contribution in [0.3, 0.4) is 0 Å². The van der Waals surface area contributed by atoms with E-state index in [9.17, 15) is 23.1 Å². The monoisotopic (exact) mass is 541 g/mol. The van der Waals surface area contributed by atoms with Crippen LogP contribution >= 0.6 is 0 Å². The molecule has 15 nitrogen and oxygen atoms in total. The van der Waals surface area contributed by atoms with E-state index in [-0.39, 0.29) is 28.8 Å². The molecule has 0 bridgehead atoms. The lowest BCUT2D eigenvalue weighted by Crippen LogP contribution is -2.38. The highest BCUT2D eigenvalue weighted by molar-refractivity contribution is 5.83. The minimum atomic E-state index is -5.30. The smallest absolute Gasteiger partial charge is 0.448 e. The summed E-state index contributed by atoms with van der Waals surface area (Å²) >= 11 is 0. The molecule has 2 aliphatic rings. The number of anilines is 2. The fraction of sp³-hybridized carbons (Fsp3) is 0.650. The lowest BCUT2D eigenvalue weighted by molar-refractivity contribution is -0.211. The van der Waals surface area contributed by atoms with Crippen molar-refractivity contribution in [3.05, 3.63) is 12.2 Å². The van der Waals surface area contributed by atoms with E-state index in [1.165, 1.54) is 15.7 Å². The van der Waals surface area contributed by atoms with Gasteiger partial charge in [0.2, 0.25) is 11.8 Å². The highest BCUT2D eigenvalue weighted by Crippen LogP contribution is 2.41. The number of aryl methyl sites for hydroxylation is 1. The van der Waals surface area contributed by atoms with Crippen LogP contribution in [0.1, 0.15) is 31.5 Å². The summed E-state index contributed by atoms with van der Waals surface area (Å²) in [6.45, 7) is 3.39. The molecule has 2 aliphatic heterocycles. The van der Waals surface area contributed by atoms with Crippen molar-refractivity contribution in [2.75, 3.05) is 37.8 Å². The molecular formula is C20H26F3N11O4. The van der Waals surface area contributed by atoms with Crippen molar-refractivity contribution < 1.29 is 32.5 Å². The van der Waals surface area contributed by atoms with Crippen LogP contribution < -0.4 is 10.6 Å². The molecule has 3 aromatic rings. The van der Waals surface area contributed by atoms with E-state index in [1.807, 2.05) is 19.0 Å². The number of aliphatic hydroxyl groups excluding tert-OH is 1. The molecule has 206 valence electrons. The number of halogens is 3. The van der Waals surface area contributed by atoms with Crippen molar-refractivity contribution in [1.82, 2.24) is 44.6 Å². The Hall–Kier alpha value is -3.64. The molecule has 0 saturated carbocycles. The molecule has 2 unspecified atom stereocenters. The second kappa shape index (κ2) is 9.59. The number of aliphatic hydroxyl groups is 1. The van der Waals surface area contributed by atoms with Crippen LogP contribution in [0.15, 0.2) is 6.33 Å². The zero-order chi connectivity index (χ0) is 27.4. The van der Waals surface area contributed by atoms with E-state index < -0.39 is 36.7 Å². The fourth-order valence-electron chi connectivity index (χ4n) is 4.51. The van der Waals surface area contributed by atoms with Gasteiger partial charge in [-0.1, -0.05) is 0 Å². The maximum absolute atomic E-state index is 13.1. The molecule has 5 heterocycles. The summed E-state index contributed by atoms with van der Waals surface area (Å²) in [7, 11) is 3.94. The van der Waals surface area contributed by atoms with Crippen molar-refractivity contribution >= 4 is 28.9 Å². The maximum Gasteiger partial charge on any atom is 0.490 e. The Balaban J connectivity index is 1.53. The molecule has 0 radical (unpaired) electrons. The first kappa shape index (κ1) is 26.0. The number of hydrogen-bond donors (Lipinski definition) is 2. The molecule has 3 aromatic heterocycles. The average molecular weight is 541 g/mol. The summed E-state index contributed by atoms with van der Waals surface area (Å²) in [6.07, 6.45) is -9.63. The average Bonchev–Trinajstić information content (AvgIpc) is 3.64. The Morgan fingerprint density at radius 1 is 1.34 bits per heavy atom. The van der Waals surface area contributed by atoms with Gasteiger partial charge in [-0.25, -0.2) is 9.78 Å². The number of hydrogen-bond acceptors (Lipinski definition) is 13. The van der Waals surface area contributed by atoms with Crippen LogP contribution in [-0.4, -0.2) is 107 Å². The molecule has 38 heavy (non-hydrogen) atoms. The first-order valence-electron chi connectivity index (χ1n) is 11.8. The molecule has 18 heteroatoms. The normalized spacial score (nSPS) is 26.1. The van der Waals surface area contributed by atoms with Gasteiger partial charge >= 0.3 is 12.1 Å². The minimum Gasteiger partial charge on any atom is -0.448 e. The Labute approximate surface area is 213 Å². The maximum atomic E-state index is 13.1. The van der Waals surface area contributed by atoms with E-state index >= 15 is 0 Å². The number of likely N-dealkylation sites (N-methyl/N-ethyl adjacent to an activating group) is 1. The van der Waals surface area contributed by atoms with Gasteiger partial charge in [-0.2, -0.15) is 27.9 Å². The second-order valence-electron chi connectivity index (χ2n) is 9.23. The molecule has 5 atom stereocenters. The van der Waals surface area contributed by atoms with Crippen molar-refractivity contribution in [3.8, 4) is 0 Å². The summed E-state index contributed by atoms with van der Waals surface area (Å²) < 4.78 is 51.1. The van der Waals surface area contributed by atoms with E-state index in [1.54, 1.807) is 6.92 Å². The highest BCUT2D eigenvalue weighted by atomic mass is 19.4. The van der Waals surface area contributed by atoms with Crippen molar-refractivity contribution in [2.45, 2.75) is 56.6 Å². The van der Waals surface area contributed by atoms with Gasteiger partial charge < -0.3 is 30.1 Å². The van der Waals surface area contributed by atoms with Gasteiger partial charge in [0.1, 0.15) is 11.6 Å². The highest BCUT2D eigenvalue weighted by Gasteiger charge is 2.53. The molecule has 0 spiro atoms. The van der Waals surface area contributed by atoms with Gasteiger partial charge in [-0.15, -0.1) is 10.2 Å². The Bertz CT molecular complexity index is 1330. The lowest BCUT2D eigenvalue weighted by Gasteiger charge is -2.23. The number of nitrogen functional groups attached to an aromatic ring is 1. The third-order valence-electron chi connectivity index (χ3n) is 6.58. The molecular weight excluding hydrogens is 515 g/mol. The quantitative estimate of drug-likeness (QED) is 0.388. The molecule has 2 saturated heterocycles. The van der Waals surface area contributed by atoms with Crippen LogP contribution in [0, 0.1) is 0 Å². The number of imidazole rings is 1. The third kappa shape index (κ3) is 4.58. The fourth-order valence-corrected chi connectivity index (χ4v) is 4.51. The number of tetrazole rings is 1. The van der Waals surface area contributed by atoms with Crippen LogP contribution in [0.2, 0.25) is 0 Å². The van der Waals surface area contributed by atoms with Crippen molar-refractivity contribution in [2.24, 2.45) is 0 Å². The predicted octanol–water partition coefficient (Wildman–Crippen LogP) is -0.340. The van der Waals surface area contributed by atoms with Crippen LogP contribution in [0.25, 0.3) is 11.2 Å². The lowest BCUT2D eigenvalue weighted by atomic mass is 10.1. The van der Waals surface area contributed by atoms with Gasteiger partial charge in [0, 0.05) is 19.1 Å². The summed E-state index contributed by atoms with van der Waals surface area (Å²) in [5.74, 6) is -2.25. The zero-order valence-corrected chi connectivity index (χ0v) is 20.6. The summed E-state index contributed by atoms with van der Waals surface area (Å²) in [5.41, 5.74) is 6.43. The van der Waals surface area contributed by atoms with Crippen molar-refractivity contribution in [1.29, 1.82) is 0 Å². The van der Waals surface area contributed by atoms with Gasteiger partial charge in [0.05, 0.1) is 12.9 Å². The number of rotatable bonds is 6. The van der Waals surface area contributed by atoms with E-state index in [2.05, 4.69) is 35.3 Å². The number of ether oxygens (including phenoxy) is 2. The van der Waals surface area contributed by atoms with Crippen LogP contribution in [-0.2, 0) is 20.8 Å². The third-order valence-corrected chi connectivity index (χ3v) is 6.58. The van der Waals surface area contributed by atoms with E-state index in [0.717, 1.165) is 6.42 Å². The van der Waals surface area contributed by atoms with Crippen LogP contribution in [0.5, 0.6) is 0 Å². The standard InChI is InChI=1S/C20H26F3N11O4/c1-4-34-29-15(28-30-34)12-11(35)13(38-18(36)20(21,22)23)17(37-12)33-8-25-10-14(24)26-19(27-16(10)33)32-6-5-9(7-32)31(2)3/h8-9,11-13,17,35H,4-7H2,1-3H3,(H2,24,26,27)/t9-,11+,12+,13?,17?/m1/s1. The topological polar surface area (TPSA) is 175 Å². The van der Waals surface area contributed by atoms with Gasteiger partial charge in [0.15, 0.2) is 29.9 Å². The molecule has 3 N–H and O–H groups in total. The Morgan fingerprint density at radius 2 is 2.11 bits per heavy atom. The number of aromatic nitrogens is 8. The number of carbonyl (C=O) groups excluding carboxylic acids is 1. The molecule has 0 amide bonds. The van der Waals surface area contributed by atoms with E-state index in [4.69, 9.17) is 15.2 Å². The molecule has 0 aliphatic carbocycles. The van der Waals surface area contributed by atoms with Crippen LogP contribution in [0.4, 0.5) is 24.9 Å². The zero-order valence-electron chi connectivity index (χ0n) is 20.6. The first-order chi connectivity index (χ1) is 18.0. The van der Waals surface area contributed by atoms with E-state index in [0.29, 0.717) is 25.6 Å². The molecule has 5 rings (SSSR count). The van der Waals surface area contributed by atoms with Gasteiger partial charge in [0.25, 0.3) is 0 Å². The number of fused-ring (bicyclic) bond motifs is 1. The van der Waals surface area contributed by atoms with Gasteiger partial charge in [-0.05, 0) is 32.7 Å². The number of nitrogens with two attached hydrogens (primary N) is 1. The minimum absolute atomic E-state index is 0.0449. The molecule has 0 aromatic carbocycles. The largest absolute Gasteiger partial charge is 0.490 e. The number of nitrogens with zero attached hydrogens (tertiary/aromatic N) is 10. The number of carbonyl (C=O) groups is 1. The summed E-state index contributed by atoms with van der Waals surface area (Å²) in [4.78, 5) is 30.1. The summed E-state index contributed by atoms with van der Waals surface area (Å²) in [6, 6.07) is 0.268. The first-order valence-corrected chi connectivity index (χ1v) is 11.8. The SMILES string of the molecule is CCn1nnc([C@H]2OC(n3cnc4c(N)nc(N5CC[C@@H](N(C)C)C5)nc43)C(OC(=O)C(F)(F)F)[C@H]2O)n1. The number of esters is 1. The second-order valence-corrected chi connectivity index (χ2v) is 9.23. The molecule has 2 fully saturated rings. The number of alkyl halides is 3.